The van der Waals surface area contributed by atoms with E-state index in [0.29, 0.717) is 24.2 Å². The summed E-state index contributed by atoms with van der Waals surface area (Å²) in [7, 11) is 0. The average molecular weight is 350 g/mol. The molecule has 0 aliphatic rings. The SMILES string of the molecule is ClCCc1nnc(Nc2cccc(I)c2)o1. The molecule has 0 unspecified atom stereocenters. The summed E-state index contributed by atoms with van der Waals surface area (Å²) in [6.45, 7) is 0. The molecule has 4 nitrogen and oxygen atoms in total. The number of alkyl halides is 1. The van der Waals surface area contributed by atoms with Crippen molar-refractivity contribution in [1.29, 1.82) is 0 Å². The zero-order valence-electron chi connectivity index (χ0n) is 8.28. The lowest BCUT2D eigenvalue weighted by molar-refractivity contribution is 0.516. The van der Waals surface area contributed by atoms with Gasteiger partial charge < -0.3 is 9.73 Å². The number of nitrogens with zero attached hydrogens (tertiary/aromatic N) is 2. The number of hydrogen-bond donors (Lipinski definition) is 1. The first-order valence-corrected chi connectivity index (χ1v) is 6.30. The second-order valence-corrected chi connectivity index (χ2v) is 4.70. The van der Waals surface area contributed by atoms with E-state index in [4.69, 9.17) is 16.0 Å². The molecule has 2 rings (SSSR count). The molecular weight excluding hydrogens is 340 g/mol. The average Bonchev–Trinajstić information content (AvgIpc) is 2.66. The normalized spacial score (nSPS) is 10.4. The van der Waals surface area contributed by atoms with Crippen LogP contribution >= 0.6 is 34.2 Å². The van der Waals surface area contributed by atoms with Gasteiger partial charge in [0.05, 0.1) is 0 Å². The summed E-state index contributed by atoms with van der Waals surface area (Å²) >= 11 is 7.82. The lowest BCUT2D eigenvalue weighted by atomic mass is 10.3. The van der Waals surface area contributed by atoms with Gasteiger partial charge in [0.2, 0.25) is 5.89 Å². The molecule has 0 saturated heterocycles. The third kappa shape index (κ3) is 3.08. The Kier molecular flexibility index (Phi) is 4.00. The fraction of sp³-hybridized carbons (Fsp3) is 0.200. The van der Waals surface area contributed by atoms with Crippen molar-refractivity contribution in [3.63, 3.8) is 0 Å². The van der Waals surface area contributed by atoms with E-state index in [1.165, 1.54) is 0 Å². The first kappa shape index (κ1) is 11.7. The van der Waals surface area contributed by atoms with E-state index in [2.05, 4.69) is 38.1 Å². The third-order valence-corrected chi connectivity index (χ3v) is 2.71. The van der Waals surface area contributed by atoms with Crippen LogP contribution in [0, 0.1) is 3.57 Å². The van der Waals surface area contributed by atoms with E-state index >= 15 is 0 Å². The van der Waals surface area contributed by atoms with Crippen molar-refractivity contribution in [1.82, 2.24) is 10.2 Å². The van der Waals surface area contributed by atoms with Crippen LogP contribution in [0.2, 0.25) is 0 Å². The highest BCUT2D eigenvalue weighted by Gasteiger charge is 2.05. The molecular formula is C10H9ClIN3O. The summed E-state index contributed by atoms with van der Waals surface area (Å²) in [4.78, 5) is 0. The highest BCUT2D eigenvalue weighted by atomic mass is 127. The molecule has 0 spiro atoms. The predicted molar refractivity (Wildman–Crippen MR) is 71.2 cm³/mol. The quantitative estimate of drug-likeness (QED) is 0.680. The van der Waals surface area contributed by atoms with Crippen LogP contribution in [0.3, 0.4) is 0 Å². The number of rotatable bonds is 4. The largest absolute Gasteiger partial charge is 0.408 e. The van der Waals surface area contributed by atoms with Crippen LogP contribution in [0.1, 0.15) is 5.89 Å². The smallest absolute Gasteiger partial charge is 0.320 e. The van der Waals surface area contributed by atoms with E-state index < -0.39 is 0 Å². The summed E-state index contributed by atoms with van der Waals surface area (Å²) in [5, 5.41) is 10.8. The summed E-state index contributed by atoms with van der Waals surface area (Å²) in [6, 6.07) is 8.29. The van der Waals surface area contributed by atoms with Crippen molar-refractivity contribution in [2.75, 3.05) is 11.2 Å². The summed E-state index contributed by atoms with van der Waals surface area (Å²) in [6.07, 6.45) is 0.586. The van der Waals surface area contributed by atoms with Gasteiger partial charge in [-0.3, -0.25) is 0 Å². The summed E-state index contributed by atoms with van der Waals surface area (Å²) in [5.41, 5.74) is 0.924. The molecule has 0 radical (unpaired) electrons. The Morgan fingerprint density at radius 2 is 2.25 bits per heavy atom. The minimum atomic E-state index is 0.391. The highest BCUT2D eigenvalue weighted by Crippen LogP contribution is 2.17. The van der Waals surface area contributed by atoms with Crippen molar-refractivity contribution in [3.05, 3.63) is 33.7 Å². The number of aromatic nitrogens is 2. The molecule has 1 N–H and O–H groups in total. The zero-order chi connectivity index (χ0) is 11.4. The van der Waals surface area contributed by atoms with Crippen LogP contribution in [-0.2, 0) is 6.42 Å². The van der Waals surface area contributed by atoms with E-state index in [-0.39, 0.29) is 0 Å². The van der Waals surface area contributed by atoms with E-state index in [9.17, 15) is 0 Å². The summed E-state index contributed by atoms with van der Waals surface area (Å²) in [5.74, 6) is 1.02. The molecule has 0 bridgehead atoms. The second-order valence-electron chi connectivity index (χ2n) is 3.08. The second kappa shape index (κ2) is 5.49. The highest BCUT2D eigenvalue weighted by molar-refractivity contribution is 14.1. The Morgan fingerprint density at radius 3 is 3.00 bits per heavy atom. The first-order valence-electron chi connectivity index (χ1n) is 4.69. The zero-order valence-corrected chi connectivity index (χ0v) is 11.2. The minimum absolute atomic E-state index is 0.391. The van der Waals surface area contributed by atoms with Gasteiger partial charge in [0.25, 0.3) is 0 Å². The van der Waals surface area contributed by atoms with E-state index in [1.807, 2.05) is 24.3 Å². The Bertz CT molecular complexity index is 475. The fourth-order valence-electron chi connectivity index (χ4n) is 1.18. The number of halogens is 2. The van der Waals surface area contributed by atoms with Gasteiger partial charge in [0, 0.05) is 21.6 Å². The molecule has 0 aliphatic heterocycles. The van der Waals surface area contributed by atoms with Crippen molar-refractivity contribution in [3.8, 4) is 0 Å². The summed E-state index contributed by atoms with van der Waals surface area (Å²) < 4.78 is 6.49. The molecule has 84 valence electrons. The topological polar surface area (TPSA) is 51.0 Å². The molecule has 0 aliphatic carbocycles. The molecule has 0 atom stereocenters. The fourth-order valence-corrected chi connectivity index (χ4v) is 1.88. The maximum atomic E-state index is 5.58. The molecule has 1 aromatic carbocycles. The lowest BCUT2D eigenvalue weighted by Crippen LogP contribution is -1.90. The Hall–Kier alpha value is -0.820. The predicted octanol–water partition coefficient (Wildman–Crippen LogP) is 3.20. The van der Waals surface area contributed by atoms with Crippen molar-refractivity contribution >= 4 is 45.9 Å². The van der Waals surface area contributed by atoms with Gasteiger partial charge >= 0.3 is 6.01 Å². The van der Waals surface area contributed by atoms with E-state index in [0.717, 1.165) is 9.26 Å². The van der Waals surface area contributed by atoms with Crippen molar-refractivity contribution < 1.29 is 4.42 Å². The molecule has 1 heterocycles. The number of aryl methyl sites for hydroxylation is 1. The maximum Gasteiger partial charge on any atom is 0.320 e. The molecule has 16 heavy (non-hydrogen) atoms. The van der Waals surface area contributed by atoms with Crippen LogP contribution in [0.15, 0.2) is 28.7 Å². The number of nitrogens with one attached hydrogen (secondary N) is 1. The van der Waals surface area contributed by atoms with Gasteiger partial charge in [0.15, 0.2) is 0 Å². The van der Waals surface area contributed by atoms with Gasteiger partial charge in [-0.05, 0) is 40.8 Å². The lowest BCUT2D eigenvalue weighted by Gasteiger charge is -2.00. The Balaban J connectivity index is 2.08. The van der Waals surface area contributed by atoms with Gasteiger partial charge in [-0.1, -0.05) is 11.2 Å². The Morgan fingerprint density at radius 1 is 1.38 bits per heavy atom. The van der Waals surface area contributed by atoms with Gasteiger partial charge in [-0.25, -0.2) is 0 Å². The Labute approximate surface area is 112 Å². The monoisotopic (exact) mass is 349 g/mol. The van der Waals surface area contributed by atoms with Gasteiger partial charge in [-0.2, -0.15) is 0 Å². The van der Waals surface area contributed by atoms with Crippen LogP contribution in [0.25, 0.3) is 0 Å². The number of anilines is 2. The van der Waals surface area contributed by atoms with Crippen molar-refractivity contribution in [2.45, 2.75) is 6.42 Å². The standard InChI is InChI=1S/C10H9ClIN3O/c11-5-4-9-14-15-10(16-9)13-8-3-1-2-7(12)6-8/h1-3,6H,4-5H2,(H,13,15). The van der Waals surface area contributed by atoms with Crippen LogP contribution in [0.4, 0.5) is 11.7 Å². The van der Waals surface area contributed by atoms with E-state index in [1.54, 1.807) is 0 Å². The minimum Gasteiger partial charge on any atom is -0.408 e. The number of hydrogen-bond acceptors (Lipinski definition) is 4. The maximum absolute atomic E-state index is 5.58. The molecule has 2 aromatic rings. The van der Waals surface area contributed by atoms with Gasteiger partial charge in [0.1, 0.15) is 0 Å². The first-order chi connectivity index (χ1) is 7.78. The third-order valence-electron chi connectivity index (χ3n) is 1.85. The van der Waals surface area contributed by atoms with Crippen LogP contribution < -0.4 is 5.32 Å². The van der Waals surface area contributed by atoms with Crippen LogP contribution in [-0.4, -0.2) is 16.1 Å². The van der Waals surface area contributed by atoms with Crippen LogP contribution in [0.5, 0.6) is 0 Å². The van der Waals surface area contributed by atoms with Crippen molar-refractivity contribution in [2.24, 2.45) is 0 Å². The molecule has 6 heteroatoms. The molecule has 0 fully saturated rings. The molecule has 0 amide bonds. The number of benzene rings is 1. The molecule has 0 saturated carbocycles. The van der Waals surface area contributed by atoms with Gasteiger partial charge in [-0.15, -0.1) is 16.7 Å². The molecule has 1 aromatic heterocycles.